The third kappa shape index (κ3) is 4.33. The van der Waals surface area contributed by atoms with Crippen molar-refractivity contribution in [2.45, 2.75) is 11.8 Å². The Morgan fingerprint density at radius 2 is 1.70 bits per heavy atom. The number of benzene rings is 2. The van der Waals surface area contributed by atoms with Gasteiger partial charge in [-0.2, -0.15) is 0 Å². The van der Waals surface area contributed by atoms with Gasteiger partial charge in [0, 0.05) is 37.6 Å². The first kappa shape index (κ1) is 19.0. The Hall–Kier alpha value is -2.74. The van der Waals surface area contributed by atoms with Crippen LogP contribution in [-0.4, -0.2) is 53.0 Å². The number of amides is 1. The average molecular weight is 389 g/mol. The van der Waals surface area contributed by atoms with Gasteiger partial charge in [-0.05, 0) is 48.9 Å². The quantitative estimate of drug-likeness (QED) is 0.766. The molecule has 1 aliphatic heterocycles. The molecule has 1 fully saturated rings. The van der Waals surface area contributed by atoms with Crippen molar-refractivity contribution in [3.63, 3.8) is 0 Å². The predicted molar refractivity (Wildman–Crippen MR) is 105 cm³/mol. The zero-order valence-electron chi connectivity index (χ0n) is 15.4. The van der Waals surface area contributed by atoms with Crippen molar-refractivity contribution in [3.8, 4) is 5.75 Å². The van der Waals surface area contributed by atoms with E-state index >= 15 is 0 Å². The van der Waals surface area contributed by atoms with E-state index in [4.69, 9.17) is 4.74 Å². The molecule has 3 rings (SSSR count). The number of nitrogens with one attached hydrogen (secondary N) is 1. The average Bonchev–Trinajstić information content (AvgIpc) is 2.68. The number of hydrogen-bond acceptors (Lipinski definition) is 5. The highest BCUT2D eigenvalue weighted by Crippen LogP contribution is 2.27. The number of nitrogens with zero attached hydrogens (tertiary/aromatic N) is 2. The molecule has 0 saturated carbocycles. The second-order valence-electron chi connectivity index (χ2n) is 6.44. The Morgan fingerprint density at radius 1 is 1.04 bits per heavy atom. The lowest BCUT2D eigenvalue weighted by Gasteiger charge is -2.34. The summed E-state index contributed by atoms with van der Waals surface area (Å²) >= 11 is 0. The number of carbonyl (C=O) groups excluding carboxylic acids is 1. The monoisotopic (exact) mass is 389 g/mol. The number of rotatable bonds is 6. The van der Waals surface area contributed by atoms with Gasteiger partial charge < -0.3 is 14.5 Å². The molecule has 1 heterocycles. The summed E-state index contributed by atoms with van der Waals surface area (Å²) in [6.07, 6.45) is 0.870. The van der Waals surface area contributed by atoms with E-state index in [1.54, 1.807) is 35.2 Å². The molecule has 1 aliphatic rings. The lowest BCUT2D eigenvalue weighted by Crippen LogP contribution is -2.45. The maximum Gasteiger partial charge on any atom is 0.265 e. The molecule has 7 nitrogen and oxygen atoms in total. The number of aryl methyl sites for hydroxylation is 1. The smallest absolute Gasteiger partial charge is 0.265 e. The van der Waals surface area contributed by atoms with Crippen LogP contribution in [0.15, 0.2) is 47.4 Å². The molecule has 144 valence electrons. The van der Waals surface area contributed by atoms with Crippen LogP contribution in [-0.2, 0) is 14.8 Å². The van der Waals surface area contributed by atoms with Crippen molar-refractivity contribution in [3.05, 3.63) is 48.0 Å². The Morgan fingerprint density at radius 3 is 2.30 bits per heavy atom. The van der Waals surface area contributed by atoms with Crippen LogP contribution < -0.4 is 14.4 Å². The molecule has 0 atom stereocenters. The van der Waals surface area contributed by atoms with Gasteiger partial charge in [0.05, 0.1) is 7.11 Å². The minimum Gasteiger partial charge on any atom is -0.495 e. The van der Waals surface area contributed by atoms with Crippen LogP contribution in [0.1, 0.15) is 5.56 Å². The minimum atomic E-state index is -3.76. The van der Waals surface area contributed by atoms with Crippen LogP contribution in [0, 0.1) is 6.92 Å². The zero-order valence-corrected chi connectivity index (χ0v) is 16.2. The molecular weight excluding hydrogens is 366 g/mol. The summed E-state index contributed by atoms with van der Waals surface area (Å²) in [6.45, 7) is 4.71. The molecule has 2 aromatic rings. The number of sulfonamides is 1. The van der Waals surface area contributed by atoms with Crippen LogP contribution in [0.4, 0.5) is 11.4 Å². The molecule has 27 heavy (non-hydrogen) atoms. The number of piperazine rings is 1. The van der Waals surface area contributed by atoms with Gasteiger partial charge in [0.25, 0.3) is 10.0 Å². The summed E-state index contributed by atoms with van der Waals surface area (Å²) in [7, 11) is -2.31. The van der Waals surface area contributed by atoms with Crippen molar-refractivity contribution < 1.29 is 17.9 Å². The van der Waals surface area contributed by atoms with Gasteiger partial charge in [0.2, 0.25) is 6.41 Å². The van der Waals surface area contributed by atoms with E-state index in [0.29, 0.717) is 24.5 Å². The fourth-order valence-corrected chi connectivity index (χ4v) is 4.34. The third-order valence-electron chi connectivity index (χ3n) is 4.56. The summed E-state index contributed by atoms with van der Waals surface area (Å²) in [4.78, 5) is 14.8. The van der Waals surface area contributed by atoms with E-state index < -0.39 is 10.0 Å². The first-order valence-electron chi connectivity index (χ1n) is 8.65. The summed E-state index contributed by atoms with van der Waals surface area (Å²) in [5, 5.41) is 0. The van der Waals surface area contributed by atoms with E-state index in [9.17, 15) is 13.2 Å². The summed E-state index contributed by atoms with van der Waals surface area (Å²) in [5.41, 5.74) is 2.31. The normalized spacial score (nSPS) is 14.7. The Balaban J connectivity index is 1.75. The molecule has 8 heteroatoms. The maximum atomic E-state index is 12.7. The van der Waals surface area contributed by atoms with E-state index in [1.807, 2.05) is 19.1 Å². The first-order chi connectivity index (χ1) is 12.9. The van der Waals surface area contributed by atoms with E-state index in [2.05, 4.69) is 9.62 Å². The molecule has 1 N–H and O–H groups in total. The highest BCUT2D eigenvalue weighted by atomic mass is 32.2. The Kier molecular flexibility index (Phi) is 5.55. The molecule has 0 aromatic heterocycles. The number of methoxy groups -OCH3 is 1. The standard InChI is InChI=1S/C19H23N3O4S/c1-15-3-8-18(26-2)19(13-15)27(24,25)20-16-4-6-17(7-5-16)22-11-9-21(14-23)10-12-22/h3-8,13-14,20H,9-12H2,1-2H3. The SMILES string of the molecule is COc1ccc(C)cc1S(=O)(=O)Nc1ccc(N2CCN(C=O)CC2)cc1. The van der Waals surface area contributed by atoms with Crippen LogP contribution >= 0.6 is 0 Å². The van der Waals surface area contributed by atoms with Gasteiger partial charge in [-0.15, -0.1) is 0 Å². The highest BCUT2D eigenvalue weighted by molar-refractivity contribution is 7.92. The summed E-state index contributed by atoms with van der Waals surface area (Å²) < 4.78 is 33.3. The van der Waals surface area contributed by atoms with Crippen LogP contribution in [0.5, 0.6) is 5.75 Å². The van der Waals surface area contributed by atoms with E-state index in [1.165, 1.54) is 7.11 Å². The van der Waals surface area contributed by atoms with Crippen LogP contribution in [0.25, 0.3) is 0 Å². The van der Waals surface area contributed by atoms with E-state index in [-0.39, 0.29) is 4.90 Å². The number of hydrogen-bond donors (Lipinski definition) is 1. The highest BCUT2D eigenvalue weighted by Gasteiger charge is 2.20. The molecule has 1 amide bonds. The van der Waals surface area contributed by atoms with Gasteiger partial charge in [0.1, 0.15) is 10.6 Å². The second kappa shape index (κ2) is 7.87. The molecule has 0 bridgehead atoms. The van der Waals surface area contributed by atoms with Gasteiger partial charge >= 0.3 is 0 Å². The van der Waals surface area contributed by atoms with Gasteiger partial charge in [-0.25, -0.2) is 8.42 Å². The summed E-state index contributed by atoms with van der Waals surface area (Å²) in [6, 6.07) is 12.3. The zero-order chi connectivity index (χ0) is 19.4. The third-order valence-corrected chi connectivity index (χ3v) is 5.96. The largest absolute Gasteiger partial charge is 0.495 e. The molecule has 2 aromatic carbocycles. The Labute approximate surface area is 159 Å². The number of ether oxygens (including phenoxy) is 1. The van der Waals surface area contributed by atoms with Crippen molar-refractivity contribution in [2.75, 3.05) is 42.9 Å². The van der Waals surface area contributed by atoms with Crippen molar-refractivity contribution in [1.82, 2.24) is 4.90 Å². The fourth-order valence-electron chi connectivity index (χ4n) is 3.03. The number of carbonyl (C=O) groups is 1. The van der Waals surface area contributed by atoms with Crippen molar-refractivity contribution >= 4 is 27.8 Å². The van der Waals surface area contributed by atoms with Crippen molar-refractivity contribution in [1.29, 1.82) is 0 Å². The molecule has 1 saturated heterocycles. The van der Waals surface area contributed by atoms with Crippen LogP contribution in [0.2, 0.25) is 0 Å². The molecular formula is C19H23N3O4S. The van der Waals surface area contributed by atoms with E-state index in [0.717, 1.165) is 30.8 Å². The second-order valence-corrected chi connectivity index (χ2v) is 8.09. The lowest BCUT2D eigenvalue weighted by atomic mass is 10.2. The molecule has 0 aliphatic carbocycles. The minimum absolute atomic E-state index is 0.110. The summed E-state index contributed by atoms with van der Waals surface area (Å²) in [5.74, 6) is 0.303. The fraction of sp³-hybridized carbons (Fsp3) is 0.316. The maximum absolute atomic E-state index is 12.7. The lowest BCUT2D eigenvalue weighted by molar-refractivity contribution is -0.118. The van der Waals surface area contributed by atoms with Crippen LogP contribution in [0.3, 0.4) is 0 Å². The molecule has 0 radical (unpaired) electrons. The molecule has 0 unspecified atom stereocenters. The van der Waals surface area contributed by atoms with Gasteiger partial charge in [0.15, 0.2) is 0 Å². The van der Waals surface area contributed by atoms with Crippen molar-refractivity contribution in [2.24, 2.45) is 0 Å². The van der Waals surface area contributed by atoms with Gasteiger partial charge in [-0.1, -0.05) is 6.07 Å². The molecule has 0 spiro atoms. The number of anilines is 2. The Bertz CT molecular complexity index is 905. The topological polar surface area (TPSA) is 79.0 Å². The van der Waals surface area contributed by atoms with Gasteiger partial charge in [-0.3, -0.25) is 9.52 Å². The first-order valence-corrected chi connectivity index (χ1v) is 10.1. The predicted octanol–water partition coefficient (Wildman–Crippen LogP) is 2.08.